The van der Waals surface area contributed by atoms with Crippen molar-refractivity contribution in [2.75, 3.05) is 13.6 Å². The summed E-state index contributed by atoms with van der Waals surface area (Å²) in [5.74, 6) is -3.57. The Balaban J connectivity index is 2.00. The maximum Gasteiger partial charge on any atom is 0.341 e. The van der Waals surface area contributed by atoms with Crippen LogP contribution in [0.15, 0.2) is 17.1 Å². The molecule has 2 aliphatic rings. The predicted octanol–water partition coefficient (Wildman–Crippen LogP) is 2.57. The van der Waals surface area contributed by atoms with E-state index in [1.165, 1.54) is 0 Å². The van der Waals surface area contributed by atoms with E-state index in [0.717, 1.165) is 36.6 Å². The average molecular weight is 395 g/mol. The number of likely N-dealkylation sites (N-methyl/N-ethyl adjacent to an activating group) is 1. The zero-order valence-electron chi connectivity index (χ0n) is 15.4. The van der Waals surface area contributed by atoms with E-state index < -0.39 is 51.8 Å². The molecule has 2 aromatic rings. The summed E-state index contributed by atoms with van der Waals surface area (Å²) in [7, 11) is 1.91. The Hall–Kier alpha value is -2.39. The van der Waals surface area contributed by atoms with Crippen LogP contribution in [0.3, 0.4) is 0 Å². The quantitative estimate of drug-likeness (QED) is 0.836. The van der Waals surface area contributed by atoms with E-state index >= 15 is 4.39 Å². The molecule has 0 aliphatic carbocycles. The van der Waals surface area contributed by atoms with Gasteiger partial charge in [0.2, 0.25) is 5.43 Å². The van der Waals surface area contributed by atoms with Crippen molar-refractivity contribution < 1.29 is 23.1 Å². The highest BCUT2D eigenvalue weighted by atomic mass is 19.1. The van der Waals surface area contributed by atoms with Crippen molar-refractivity contribution in [3.63, 3.8) is 0 Å². The first-order valence-corrected chi connectivity index (χ1v) is 9.11. The van der Waals surface area contributed by atoms with Crippen LogP contribution in [-0.2, 0) is 0 Å². The molecule has 2 saturated heterocycles. The van der Waals surface area contributed by atoms with Gasteiger partial charge in [0, 0.05) is 30.4 Å². The highest BCUT2D eigenvalue weighted by molar-refractivity contribution is 5.93. The number of carboxylic acid groups (broad SMARTS) is 1. The number of fused-ring (bicyclic) bond motifs is 3. The third-order valence-corrected chi connectivity index (χ3v) is 6.02. The van der Waals surface area contributed by atoms with Crippen LogP contribution in [-0.4, -0.2) is 46.2 Å². The first-order valence-electron chi connectivity index (χ1n) is 9.11. The number of carboxylic acids is 1. The van der Waals surface area contributed by atoms with Crippen LogP contribution < -0.4 is 10.7 Å². The number of hydrogen-bond donors (Lipinski definition) is 2. The molecule has 0 saturated carbocycles. The fourth-order valence-corrected chi connectivity index (χ4v) is 4.56. The van der Waals surface area contributed by atoms with Crippen LogP contribution in [0.4, 0.5) is 13.2 Å². The first kappa shape index (κ1) is 18.9. The van der Waals surface area contributed by atoms with E-state index in [9.17, 15) is 23.5 Å². The molecule has 0 spiro atoms. The molecular weight excluding hydrogens is 375 g/mol. The van der Waals surface area contributed by atoms with Gasteiger partial charge in [0.15, 0.2) is 12.1 Å². The molecule has 9 heteroatoms. The number of aromatic carboxylic acids is 1. The molecule has 4 atom stereocenters. The van der Waals surface area contributed by atoms with Crippen LogP contribution in [0.1, 0.15) is 48.0 Å². The number of pyridine rings is 1. The van der Waals surface area contributed by atoms with Gasteiger partial charge in [-0.25, -0.2) is 18.0 Å². The summed E-state index contributed by atoms with van der Waals surface area (Å²) in [6.45, 7) is 1.66. The highest BCUT2D eigenvalue weighted by Crippen LogP contribution is 2.39. The second-order valence-electron chi connectivity index (χ2n) is 7.49. The van der Waals surface area contributed by atoms with Crippen molar-refractivity contribution in [1.82, 2.24) is 14.8 Å². The van der Waals surface area contributed by atoms with Crippen molar-refractivity contribution >= 4 is 16.9 Å². The van der Waals surface area contributed by atoms with Crippen LogP contribution in [0.25, 0.3) is 10.9 Å². The van der Waals surface area contributed by atoms with Crippen molar-refractivity contribution in [1.29, 1.82) is 0 Å². The second-order valence-corrected chi connectivity index (χ2v) is 7.49. The normalized spacial score (nSPS) is 26.0. The predicted molar refractivity (Wildman–Crippen MR) is 96.2 cm³/mol. The lowest BCUT2D eigenvalue weighted by Gasteiger charge is -2.39. The first-order chi connectivity index (χ1) is 13.2. The molecule has 2 N–H and O–H groups in total. The van der Waals surface area contributed by atoms with Crippen molar-refractivity contribution in [2.24, 2.45) is 0 Å². The molecule has 6 nitrogen and oxygen atoms in total. The van der Waals surface area contributed by atoms with Crippen LogP contribution in [0.2, 0.25) is 0 Å². The number of rotatable bonds is 3. The number of carbonyl (C=O) groups is 1. The fraction of sp³-hybridized carbons (Fsp3) is 0.474. The van der Waals surface area contributed by atoms with Crippen molar-refractivity contribution in [3.05, 3.63) is 45.2 Å². The van der Waals surface area contributed by atoms with Gasteiger partial charge in [0.05, 0.1) is 16.9 Å². The maximum absolute atomic E-state index is 15.5. The standard InChI is InChI=1S/C19H20F3N3O3/c1-8(20)25-7-11(19(27)28)18(26)10-5-12(21)14(15(22)17(10)25)16-13-4-3-9(6-23-16)24(13)2/h5,7-9,13,16,23H,3-4,6H2,1-2H3,(H,27,28). The van der Waals surface area contributed by atoms with E-state index in [2.05, 4.69) is 10.2 Å². The molecule has 1 aromatic heterocycles. The van der Waals surface area contributed by atoms with Gasteiger partial charge in [-0.05, 0) is 32.9 Å². The topological polar surface area (TPSA) is 74.6 Å². The number of alkyl halides is 1. The molecular formula is C19H20F3N3O3. The summed E-state index contributed by atoms with van der Waals surface area (Å²) in [6.07, 6.45) is 0.635. The summed E-state index contributed by atoms with van der Waals surface area (Å²) < 4.78 is 45.4. The number of nitrogens with one attached hydrogen (secondary N) is 1. The largest absolute Gasteiger partial charge is 0.477 e. The van der Waals surface area contributed by atoms with Crippen molar-refractivity contribution in [2.45, 2.75) is 44.2 Å². The Morgan fingerprint density at radius 3 is 2.71 bits per heavy atom. The Morgan fingerprint density at radius 1 is 1.36 bits per heavy atom. The molecule has 2 bridgehead atoms. The van der Waals surface area contributed by atoms with Gasteiger partial charge in [0.25, 0.3) is 0 Å². The van der Waals surface area contributed by atoms with Gasteiger partial charge in [-0.1, -0.05) is 0 Å². The summed E-state index contributed by atoms with van der Waals surface area (Å²) in [6, 6.07) is 0.353. The highest BCUT2D eigenvalue weighted by Gasteiger charge is 2.43. The number of hydrogen-bond acceptors (Lipinski definition) is 4. The number of halogens is 3. The summed E-state index contributed by atoms with van der Waals surface area (Å²) in [5.41, 5.74) is -2.45. The molecule has 0 radical (unpaired) electrons. The smallest absolute Gasteiger partial charge is 0.341 e. The van der Waals surface area contributed by atoms with Gasteiger partial charge in [-0.15, -0.1) is 0 Å². The van der Waals surface area contributed by atoms with E-state index in [0.29, 0.717) is 12.6 Å². The minimum atomic E-state index is -1.81. The van der Waals surface area contributed by atoms with Crippen molar-refractivity contribution in [3.8, 4) is 0 Å². The van der Waals surface area contributed by atoms with Gasteiger partial charge in [-0.2, -0.15) is 0 Å². The monoisotopic (exact) mass is 395 g/mol. The van der Waals surface area contributed by atoms with E-state index in [1.54, 1.807) is 0 Å². The van der Waals surface area contributed by atoms with E-state index in [1.807, 2.05) is 7.05 Å². The van der Waals surface area contributed by atoms with Gasteiger partial charge in [-0.3, -0.25) is 9.69 Å². The Labute approximate surface area is 158 Å². The zero-order valence-corrected chi connectivity index (χ0v) is 15.4. The molecule has 0 amide bonds. The lowest BCUT2D eigenvalue weighted by atomic mass is 9.94. The van der Waals surface area contributed by atoms with Crippen LogP contribution in [0.5, 0.6) is 0 Å². The molecule has 1 aromatic carbocycles. The fourth-order valence-electron chi connectivity index (χ4n) is 4.56. The third-order valence-electron chi connectivity index (χ3n) is 6.02. The number of piperazine rings is 1. The zero-order chi connectivity index (χ0) is 20.3. The number of benzene rings is 1. The lowest BCUT2D eigenvalue weighted by molar-refractivity contribution is 0.0694. The molecule has 4 unspecified atom stereocenters. The SMILES string of the molecule is CC(F)n1cc(C(=O)O)c(=O)c2cc(F)c(C3NCC4CCC3N4C)c(F)c21. The molecule has 4 rings (SSSR count). The Kier molecular flexibility index (Phi) is 4.46. The van der Waals surface area contributed by atoms with E-state index in [-0.39, 0.29) is 11.6 Å². The van der Waals surface area contributed by atoms with E-state index in [4.69, 9.17) is 0 Å². The molecule has 28 heavy (non-hydrogen) atoms. The van der Waals surface area contributed by atoms with Gasteiger partial charge in [0.1, 0.15) is 11.4 Å². The van der Waals surface area contributed by atoms with Crippen LogP contribution in [0, 0.1) is 11.6 Å². The maximum atomic E-state index is 15.5. The minimum Gasteiger partial charge on any atom is -0.477 e. The summed E-state index contributed by atoms with van der Waals surface area (Å²) in [4.78, 5) is 25.8. The van der Waals surface area contributed by atoms with Gasteiger partial charge < -0.3 is 15.0 Å². The Bertz CT molecular complexity index is 1040. The number of aromatic nitrogens is 1. The minimum absolute atomic E-state index is 0.124. The molecule has 150 valence electrons. The summed E-state index contributed by atoms with van der Waals surface area (Å²) in [5, 5.41) is 11.9. The molecule has 2 aliphatic heterocycles. The molecule has 3 heterocycles. The number of nitrogens with zero attached hydrogens (tertiary/aromatic N) is 2. The molecule has 2 fully saturated rings. The Morgan fingerprint density at radius 2 is 2.07 bits per heavy atom. The lowest BCUT2D eigenvalue weighted by Crippen LogP contribution is -2.52. The van der Waals surface area contributed by atoms with Crippen LogP contribution >= 0.6 is 0 Å². The summed E-state index contributed by atoms with van der Waals surface area (Å²) >= 11 is 0. The third kappa shape index (κ3) is 2.64. The second kappa shape index (κ2) is 6.59. The van der Waals surface area contributed by atoms with Gasteiger partial charge >= 0.3 is 5.97 Å². The average Bonchev–Trinajstić information content (AvgIpc) is 2.85.